The number of benzene rings is 3. The molecule has 2 N–H and O–H groups in total. The van der Waals surface area contributed by atoms with Crippen molar-refractivity contribution in [1.82, 2.24) is 14.9 Å². The zero-order chi connectivity index (χ0) is 28.7. The Hall–Kier alpha value is -5.18. The molecule has 0 bridgehead atoms. The zero-order valence-corrected chi connectivity index (χ0v) is 22.6. The van der Waals surface area contributed by atoms with Gasteiger partial charge in [0.2, 0.25) is 0 Å². The summed E-state index contributed by atoms with van der Waals surface area (Å²) in [6.45, 7) is 4.01. The van der Waals surface area contributed by atoms with Crippen LogP contribution in [0.1, 0.15) is 61.1 Å². The van der Waals surface area contributed by atoms with Crippen LogP contribution in [0.2, 0.25) is 0 Å². The van der Waals surface area contributed by atoms with E-state index in [1.165, 1.54) is 4.90 Å². The fourth-order valence-corrected chi connectivity index (χ4v) is 5.50. The standard InChI is InChI=1S/C32H27N3O6/c1-3-40-31(38)27-22-14-13-18(26-21-11-7-8-12-23(21)34-28(26)32(39)41-4-2)17-25(22)33-24(27)15-16-35-29(36)19-9-5-6-10-20(19)30(35)37/h5-14,17,33-34H,3-4,15-16H2,1-2H3. The van der Waals surface area contributed by atoms with Gasteiger partial charge >= 0.3 is 11.9 Å². The fraction of sp³-hybridized carbons (Fsp3) is 0.188. The molecule has 0 radical (unpaired) electrons. The van der Waals surface area contributed by atoms with Crippen molar-refractivity contribution in [2.75, 3.05) is 19.8 Å². The first-order chi connectivity index (χ1) is 19.9. The van der Waals surface area contributed by atoms with Gasteiger partial charge in [0.1, 0.15) is 5.69 Å². The number of nitrogens with zero attached hydrogens (tertiary/aromatic N) is 1. The maximum atomic E-state index is 13.1. The summed E-state index contributed by atoms with van der Waals surface area (Å²) in [6, 6.07) is 19.9. The monoisotopic (exact) mass is 549 g/mol. The number of rotatable bonds is 8. The van der Waals surface area contributed by atoms with Gasteiger partial charge in [0.05, 0.1) is 29.9 Å². The maximum absolute atomic E-state index is 13.1. The van der Waals surface area contributed by atoms with E-state index in [2.05, 4.69) is 9.97 Å². The van der Waals surface area contributed by atoms with E-state index >= 15 is 0 Å². The number of hydrogen-bond donors (Lipinski definition) is 2. The number of H-pyrrole nitrogens is 2. The predicted octanol–water partition coefficient (Wildman–Crippen LogP) is 5.51. The molecule has 0 aliphatic carbocycles. The summed E-state index contributed by atoms with van der Waals surface area (Å²) in [5.74, 6) is -1.66. The quantitative estimate of drug-likeness (QED) is 0.195. The van der Waals surface area contributed by atoms with Crippen molar-refractivity contribution in [3.05, 3.63) is 94.8 Å². The molecule has 3 heterocycles. The fourth-order valence-electron chi connectivity index (χ4n) is 5.50. The highest BCUT2D eigenvalue weighted by atomic mass is 16.5. The number of nitrogens with one attached hydrogen (secondary N) is 2. The Kier molecular flexibility index (Phi) is 6.62. The molecule has 5 aromatic rings. The molecule has 0 atom stereocenters. The van der Waals surface area contributed by atoms with Crippen LogP contribution in [-0.4, -0.2) is 58.4 Å². The smallest absolute Gasteiger partial charge is 0.355 e. The number of hydrogen-bond acceptors (Lipinski definition) is 6. The highest BCUT2D eigenvalue weighted by molar-refractivity contribution is 6.21. The Labute approximate surface area is 235 Å². The van der Waals surface area contributed by atoms with E-state index in [4.69, 9.17) is 9.47 Å². The molecular weight excluding hydrogens is 522 g/mol. The summed E-state index contributed by atoms with van der Waals surface area (Å²) in [6.07, 6.45) is 0.227. The lowest BCUT2D eigenvalue weighted by atomic mass is 9.99. The van der Waals surface area contributed by atoms with E-state index in [-0.39, 0.29) is 38.0 Å². The first-order valence-corrected chi connectivity index (χ1v) is 13.5. The number of ether oxygens (including phenoxy) is 2. The summed E-state index contributed by atoms with van der Waals surface area (Å²) in [4.78, 5) is 59.5. The molecule has 206 valence electrons. The van der Waals surface area contributed by atoms with E-state index in [0.29, 0.717) is 44.5 Å². The minimum absolute atomic E-state index is 0.0912. The van der Waals surface area contributed by atoms with Gasteiger partial charge in [0, 0.05) is 46.0 Å². The Morgan fingerprint density at radius 3 is 2.12 bits per heavy atom. The Morgan fingerprint density at radius 2 is 1.41 bits per heavy atom. The number of esters is 2. The van der Waals surface area contributed by atoms with Crippen LogP contribution in [0.4, 0.5) is 0 Å². The van der Waals surface area contributed by atoms with Gasteiger partial charge in [-0.25, -0.2) is 9.59 Å². The van der Waals surface area contributed by atoms with E-state index in [9.17, 15) is 19.2 Å². The molecule has 0 unspecified atom stereocenters. The van der Waals surface area contributed by atoms with Gasteiger partial charge in [0.25, 0.3) is 11.8 Å². The largest absolute Gasteiger partial charge is 0.462 e. The highest BCUT2D eigenvalue weighted by Crippen LogP contribution is 2.36. The van der Waals surface area contributed by atoms with Crippen LogP contribution >= 0.6 is 0 Å². The van der Waals surface area contributed by atoms with Crippen LogP contribution in [0.5, 0.6) is 0 Å². The van der Waals surface area contributed by atoms with E-state index in [1.807, 2.05) is 42.5 Å². The van der Waals surface area contributed by atoms with Crippen molar-refractivity contribution in [2.24, 2.45) is 0 Å². The first-order valence-electron chi connectivity index (χ1n) is 13.5. The van der Waals surface area contributed by atoms with Crippen LogP contribution in [0.15, 0.2) is 66.7 Å². The van der Waals surface area contributed by atoms with Gasteiger partial charge in [-0.2, -0.15) is 0 Å². The van der Waals surface area contributed by atoms with Crippen molar-refractivity contribution in [2.45, 2.75) is 20.3 Å². The molecule has 0 fully saturated rings. The molecule has 9 heteroatoms. The second kappa shape index (κ2) is 10.4. The summed E-state index contributed by atoms with van der Waals surface area (Å²) in [5, 5.41) is 1.50. The van der Waals surface area contributed by atoms with Crippen molar-refractivity contribution in [3.63, 3.8) is 0 Å². The Balaban J connectivity index is 1.41. The van der Waals surface area contributed by atoms with Gasteiger partial charge < -0.3 is 19.4 Å². The van der Waals surface area contributed by atoms with Gasteiger partial charge in [-0.15, -0.1) is 0 Å². The van der Waals surface area contributed by atoms with E-state index in [1.54, 1.807) is 38.1 Å². The van der Waals surface area contributed by atoms with Gasteiger partial charge in [-0.1, -0.05) is 42.5 Å². The maximum Gasteiger partial charge on any atom is 0.355 e. The van der Waals surface area contributed by atoms with E-state index in [0.717, 1.165) is 16.5 Å². The van der Waals surface area contributed by atoms with Crippen LogP contribution in [0.25, 0.3) is 32.9 Å². The summed E-state index contributed by atoms with van der Waals surface area (Å²) in [5.41, 5.74) is 4.90. The number of carbonyl (C=O) groups excluding carboxylic acids is 4. The minimum atomic E-state index is -0.497. The van der Waals surface area contributed by atoms with Crippen molar-refractivity contribution >= 4 is 45.6 Å². The molecule has 6 rings (SSSR count). The second-order valence-corrected chi connectivity index (χ2v) is 9.66. The molecule has 9 nitrogen and oxygen atoms in total. The second-order valence-electron chi connectivity index (χ2n) is 9.66. The number of imide groups is 1. The van der Waals surface area contributed by atoms with Crippen molar-refractivity contribution in [1.29, 1.82) is 0 Å². The molecule has 0 saturated heterocycles. The zero-order valence-electron chi connectivity index (χ0n) is 22.6. The molecule has 0 saturated carbocycles. The topological polar surface area (TPSA) is 122 Å². The van der Waals surface area contributed by atoms with Crippen LogP contribution in [0.3, 0.4) is 0 Å². The van der Waals surface area contributed by atoms with Gasteiger partial charge in [-0.3, -0.25) is 14.5 Å². The Bertz CT molecular complexity index is 1830. The number of carbonyl (C=O) groups is 4. The summed E-state index contributed by atoms with van der Waals surface area (Å²) in [7, 11) is 0. The van der Waals surface area contributed by atoms with Crippen LogP contribution < -0.4 is 0 Å². The normalized spacial score (nSPS) is 12.8. The van der Waals surface area contributed by atoms with Gasteiger partial charge in [-0.05, 0) is 43.7 Å². The average molecular weight is 550 g/mol. The third-order valence-corrected chi connectivity index (χ3v) is 7.29. The molecular formula is C32H27N3O6. The molecule has 2 amide bonds. The summed E-state index contributed by atoms with van der Waals surface area (Å²) < 4.78 is 10.7. The van der Waals surface area contributed by atoms with E-state index < -0.39 is 11.9 Å². The number of aromatic nitrogens is 2. The molecule has 3 aromatic carbocycles. The predicted molar refractivity (Wildman–Crippen MR) is 153 cm³/mol. The van der Waals surface area contributed by atoms with Crippen molar-refractivity contribution in [3.8, 4) is 11.1 Å². The lowest BCUT2D eigenvalue weighted by Crippen LogP contribution is -2.32. The first kappa shape index (κ1) is 26.1. The highest BCUT2D eigenvalue weighted by Gasteiger charge is 2.35. The third kappa shape index (κ3) is 4.35. The molecule has 2 aromatic heterocycles. The van der Waals surface area contributed by atoms with Crippen molar-refractivity contribution < 1.29 is 28.7 Å². The Morgan fingerprint density at radius 1 is 0.756 bits per heavy atom. The summed E-state index contributed by atoms with van der Waals surface area (Å²) >= 11 is 0. The third-order valence-electron chi connectivity index (χ3n) is 7.29. The number of para-hydroxylation sites is 1. The lowest BCUT2D eigenvalue weighted by Gasteiger charge is -2.13. The number of aromatic amines is 2. The molecule has 41 heavy (non-hydrogen) atoms. The minimum Gasteiger partial charge on any atom is -0.462 e. The van der Waals surface area contributed by atoms with Gasteiger partial charge in [0.15, 0.2) is 0 Å². The average Bonchev–Trinajstić information content (AvgIpc) is 3.62. The SMILES string of the molecule is CCOC(=O)c1[nH]c2ccccc2c1-c1ccc2c(C(=O)OCC)c(CCN3C(=O)c4ccccc4C3=O)[nH]c2c1. The number of fused-ring (bicyclic) bond motifs is 3. The molecule has 0 spiro atoms. The van der Waals surface area contributed by atoms with Crippen LogP contribution in [0, 0.1) is 0 Å². The van der Waals surface area contributed by atoms with Crippen LogP contribution in [-0.2, 0) is 15.9 Å². The number of amides is 2. The molecule has 1 aliphatic heterocycles. The molecule has 1 aliphatic rings. The lowest BCUT2D eigenvalue weighted by molar-refractivity contribution is 0.0514.